The summed E-state index contributed by atoms with van der Waals surface area (Å²) in [5, 5.41) is 0.0462. The molecule has 0 saturated heterocycles. The maximum absolute atomic E-state index is 12.3. The van der Waals surface area contributed by atoms with Crippen molar-refractivity contribution >= 4 is 9.84 Å². The van der Waals surface area contributed by atoms with E-state index >= 15 is 0 Å². The molecule has 0 aliphatic rings. The molecule has 0 saturated carbocycles. The Morgan fingerprint density at radius 1 is 1.10 bits per heavy atom. The Morgan fingerprint density at radius 2 is 1.90 bits per heavy atom. The minimum Gasteiger partial charge on any atom is -0.497 e. The third-order valence-electron chi connectivity index (χ3n) is 2.79. The van der Waals surface area contributed by atoms with Gasteiger partial charge in [-0.15, -0.1) is 0 Å². The van der Waals surface area contributed by atoms with Gasteiger partial charge in [0.1, 0.15) is 11.5 Å². The number of sulfone groups is 1. The molecule has 2 aromatic rings. The number of hydrogen-bond donors (Lipinski definition) is 0. The van der Waals surface area contributed by atoms with Gasteiger partial charge in [0, 0.05) is 11.8 Å². The first-order valence-electron chi connectivity index (χ1n) is 5.91. The van der Waals surface area contributed by atoms with Crippen LogP contribution < -0.4 is 9.47 Å². The lowest BCUT2D eigenvalue weighted by Crippen LogP contribution is -2.08. The largest absolute Gasteiger partial charge is 0.497 e. The van der Waals surface area contributed by atoms with E-state index < -0.39 is 9.84 Å². The third kappa shape index (κ3) is 3.08. The van der Waals surface area contributed by atoms with Crippen molar-refractivity contribution in [1.82, 2.24) is 4.98 Å². The SMILES string of the molecule is COc1ccc(OC)c(CS(=O)(=O)c2ccccn2)c1. The molecule has 0 atom stereocenters. The fourth-order valence-corrected chi connectivity index (χ4v) is 3.09. The van der Waals surface area contributed by atoms with Crippen LogP contribution in [0.3, 0.4) is 0 Å². The van der Waals surface area contributed by atoms with Gasteiger partial charge in [0.15, 0.2) is 14.9 Å². The fraction of sp³-hybridized carbons (Fsp3) is 0.214. The van der Waals surface area contributed by atoms with Gasteiger partial charge in [0.2, 0.25) is 0 Å². The molecule has 6 heteroatoms. The van der Waals surface area contributed by atoms with Crippen molar-refractivity contribution in [1.29, 1.82) is 0 Å². The average molecular weight is 293 g/mol. The van der Waals surface area contributed by atoms with Gasteiger partial charge in [-0.3, -0.25) is 0 Å². The zero-order chi connectivity index (χ0) is 14.6. The van der Waals surface area contributed by atoms with E-state index in [2.05, 4.69) is 4.98 Å². The standard InChI is InChI=1S/C14H15NO4S/c1-18-12-6-7-13(19-2)11(9-12)10-20(16,17)14-5-3-4-8-15-14/h3-9H,10H2,1-2H3. The molecule has 0 aliphatic heterocycles. The van der Waals surface area contributed by atoms with Gasteiger partial charge in [-0.2, -0.15) is 0 Å². The summed E-state index contributed by atoms with van der Waals surface area (Å²) in [6.45, 7) is 0. The van der Waals surface area contributed by atoms with Gasteiger partial charge in [-0.1, -0.05) is 6.07 Å². The second kappa shape index (κ2) is 5.92. The Morgan fingerprint density at radius 3 is 2.50 bits per heavy atom. The van der Waals surface area contributed by atoms with Crippen LogP contribution in [-0.2, 0) is 15.6 Å². The number of pyridine rings is 1. The molecule has 1 aromatic carbocycles. The number of aromatic nitrogens is 1. The van der Waals surface area contributed by atoms with Crippen molar-refractivity contribution in [3.63, 3.8) is 0 Å². The fourth-order valence-electron chi connectivity index (χ4n) is 1.80. The molecule has 0 N–H and O–H groups in total. The molecule has 0 aliphatic carbocycles. The molecule has 0 unspecified atom stereocenters. The highest BCUT2D eigenvalue weighted by Crippen LogP contribution is 2.27. The topological polar surface area (TPSA) is 65.5 Å². The lowest BCUT2D eigenvalue weighted by molar-refractivity contribution is 0.400. The zero-order valence-corrected chi connectivity index (χ0v) is 12.1. The molecule has 0 fully saturated rings. The number of methoxy groups -OCH3 is 2. The second-order valence-corrected chi connectivity index (χ2v) is 6.04. The van der Waals surface area contributed by atoms with Crippen molar-refractivity contribution < 1.29 is 17.9 Å². The van der Waals surface area contributed by atoms with Crippen LogP contribution in [0.2, 0.25) is 0 Å². The normalized spacial score (nSPS) is 11.1. The van der Waals surface area contributed by atoms with Crippen molar-refractivity contribution in [2.75, 3.05) is 14.2 Å². The highest BCUT2D eigenvalue weighted by Gasteiger charge is 2.19. The molecular formula is C14H15NO4S. The van der Waals surface area contributed by atoms with Crippen LogP contribution in [0.5, 0.6) is 11.5 Å². The molecule has 0 amide bonds. The van der Waals surface area contributed by atoms with Gasteiger partial charge in [0.25, 0.3) is 0 Å². The summed E-state index contributed by atoms with van der Waals surface area (Å²) >= 11 is 0. The summed E-state index contributed by atoms with van der Waals surface area (Å²) in [6.07, 6.45) is 1.45. The molecule has 1 aromatic heterocycles. The van der Waals surface area contributed by atoms with Gasteiger partial charge in [0.05, 0.1) is 20.0 Å². The lowest BCUT2D eigenvalue weighted by Gasteiger charge is -2.10. The van der Waals surface area contributed by atoms with E-state index in [1.165, 1.54) is 26.5 Å². The number of rotatable bonds is 5. The predicted molar refractivity (Wildman–Crippen MR) is 74.7 cm³/mol. The maximum atomic E-state index is 12.3. The summed E-state index contributed by atoms with van der Waals surface area (Å²) in [5.41, 5.74) is 0.539. The van der Waals surface area contributed by atoms with Crippen LogP contribution in [0.25, 0.3) is 0 Å². The van der Waals surface area contributed by atoms with Crippen molar-refractivity contribution in [2.24, 2.45) is 0 Å². The number of hydrogen-bond acceptors (Lipinski definition) is 5. The summed E-state index contributed by atoms with van der Waals surface area (Å²) in [4.78, 5) is 3.88. The van der Waals surface area contributed by atoms with Crippen molar-refractivity contribution in [3.8, 4) is 11.5 Å². The molecule has 0 radical (unpaired) electrons. The van der Waals surface area contributed by atoms with Crippen LogP contribution >= 0.6 is 0 Å². The summed E-state index contributed by atoms with van der Waals surface area (Å²) in [5.74, 6) is 0.895. The van der Waals surface area contributed by atoms with Gasteiger partial charge in [-0.05, 0) is 30.3 Å². The number of benzene rings is 1. The van der Waals surface area contributed by atoms with E-state index in [1.807, 2.05) is 0 Å². The number of ether oxygens (including phenoxy) is 2. The minimum atomic E-state index is -3.52. The van der Waals surface area contributed by atoms with Crippen LogP contribution in [0.15, 0.2) is 47.6 Å². The summed E-state index contributed by atoms with van der Waals surface area (Å²) in [6, 6.07) is 9.84. The first-order valence-corrected chi connectivity index (χ1v) is 7.57. The first-order chi connectivity index (χ1) is 9.56. The molecule has 0 bridgehead atoms. The predicted octanol–water partition coefficient (Wildman–Crippen LogP) is 2.07. The van der Waals surface area contributed by atoms with Gasteiger partial charge in [-0.25, -0.2) is 13.4 Å². The van der Waals surface area contributed by atoms with E-state index in [4.69, 9.17) is 9.47 Å². The third-order valence-corrected chi connectivity index (χ3v) is 4.36. The summed E-state index contributed by atoms with van der Waals surface area (Å²) in [7, 11) is -0.492. The van der Waals surface area contributed by atoms with Crippen molar-refractivity contribution in [3.05, 3.63) is 48.2 Å². The second-order valence-electron chi connectivity index (χ2n) is 4.10. The average Bonchev–Trinajstić information content (AvgIpc) is 2.47. The summed E-state index contributed by atoms with van der Waals surface area (Å²) < 4.78 is 34.9. The monoisotopic (exact) mass is 293 g/mol. The molecule has 0 spiro atoms. The molecule has 5 nitrogen and oxygen atoms in total. The van der Waals surface area contributed by atoms with Gasteiger partial charge >= 0.3 is 0 Å². The molecular weight excluding hydrogens is 278 g/mol. The van der Waals surface area contributed by atoms with Gasteiger partial charge < -0.3 is 9.47 Å². The van der Waals surface area contributed by atoms with E-state index in [9.17, 15) is 8.42 Å². The smallest absolute Gasteiger partial charge is 0.199 e. The Bertz CT molecular complexity index is 684. The van der Waals surface area contributed by atoms with Crippen LogP contribution in [0.1, 0.15) is 5.56 Å². The van der Waals surface area contributed by atoms with Crippen LogP contribution in [0.4, 0.5) is 0 Å². The van der Waals surface area contributed by atoms with Crippen LogP contribution in [-0.4, -0.2) is 27.6 Å². The Balaban J connectivity index is 2.38. The van der Waals surface area contributed by atoms with E-state index in [-0.39, 0.29) is 10.8 Å². The van der Waals surface area contributed by atoms with E-state index in [1.54, 1.807) is 30.3 Å². The quantitative estimate of drug-likeness (QED) is 0.844. The lowest BCUT2D eigenvalue weighted by atomic mass is 10.2. The Hall–Kier alpha value is -2.08. The molecule has 106 valence electrons. The minimum absolute atomic E-state index is 0.0462. The van der Waals surface area contributed by atoms with Crippen molar-refractivity contribution in [2.45, 2.75) is 10.8 Å². The van der Waals surface area contributed by atoms with Crippen LogP contribution in [0, 0.1) is 0 Å². The highest BCUT2D eigenvalue weighted by molar-refractivity contribution is 7.90. The maximum Gasteiger partial charge on any atom is 0.199 e. The Labute approximate surface area is 118 Å². The molecule has 2 rings (SSSR count). The number of nitrogens with zero attached hydrogens (tertiary/aromatic N) is 1. The zero-order valence-electron chi connectivity index (χ0n) is 11.2. The molecule has 1 heterocycles. The van der Waals surface area contributed by atoms with E-state index in [0.717, 1.165) is 0 Å². The molecule has 20 heavy (non-hydrogen) atoms. The highest BCUT2D eigenvalue weighted by atomic mass is 32.2. The first kappa shape index (κ1) is 14.3. The van der Waals surface area contributed by atoms with E-state index in [0.29, 0.717) is 17.1 Å². The Kier molecular flexibility index (Phi) is 4.24.